The first-order chi connectivity index (χ1) is 2.64. The van der Waals surface area contributed by atoms with Crippen LogP contribution in [0.3, 0.4) is 0 Å². The van der Waals surface area contributed by atoms with Gasteiger partial charge in [0.25, 0.3) is 0 Å². The standard InChI is InChI=1S/C3H7NO2.Ca.2H/c1-2(4)3(5)6;;;/h2H,4H2,1H3,(H,5,6);;;. The van der Waals surface area contributed by atoms with Gasteiger partial charge in [0.1, 0.15) is 6.04 Å². The molecule has 0 rings (SSSR count). The summed E-state index contributed by atoms with van der Waals surface area (Å²) in [6.45, 7) is 1.42. The van der Waals surface area contributed by atoms with Crippen molar-refractivity contribution in [2.45, 2.75) is 13.0 Å². The van der Waals surface area contributed by atoms with E-state index < -0.39 is 12.0 Å². The Morgan fingerprint density at radius 2 is 2.00 bits per heavy atom. The van der Waals surface area contributed by atoms with Crippen LogP contribution in [0.1, 0.15) is 6.92 Å². The van der Waals surface area contributed by atoms with Crippen molar-refractivity contribution in [1.82, 2.24) is 0 Å². The summed E-state index contributed by atoms with van der Waals surface area (Å²) in [7, 11) is 0. The molecule has 0 fully saturated rings. The molecule has 40 valence electrons. The van der Waals surface area contributed by atoms with Gasteiger partial charge in [-0.2, -0.15) is 0 Å². The number of carboxylic acids is 1. The van der Waals surface area contributed by atoms with Gasteiger partial charge in [-0.1, -0.05) is 0 Å². The van der Waals surface area contributed by atoms with Crippen LogP contribution in [0.25, 0.3) is 0 Å². The van der Waals surface area contributed by atoms with Gasteiger partial charge in [0.15, 0.2) is 0 Å². The van der Waals surface area contributed by atoms with E-state index in [1.165, 1.54) is 6.92 Å². The Labute approximate surface area is 71.9 Å². The van der Waals surface area contributed by atoms with Gasteiger partial charge in [-0.25, -0.2) is 0 Å². The van der Waals surface area contributed by atoms with Crippen LogP contribution in [0, 0.1) is 0 Å². The van der Waals surface area contributed by atoms with E-state index >= 15 is 0 Å². The molecule has 4 heteroatoms. The molecule has 0 amide bonds. The summed E-state index contributed by atoms with van der Waals surface area (Å²) in [5.74, 6) is -0.963. The van der Waals surface area contributed by atoms with E-state index in [4.69, 9.17) is 10.8 Å². The molecule has 0 saturated carbocycles. The van der Waals surface area contributed by atoms with E-state index in [9.17, 15) is 4.79 Å². The summed E-state index contributed by atoms with van der Waals surface area (Å²) in [6.07, 6.45) is 0. The van der Waals surface area contributed by atoms with Gasteiger partial charge < -0.3 is 10.8 Å². The van der Waals surface area contributed by atoms with Crippen LogP contribution < -0.4 is 5.73 Å². The van der Waals surface area contributed by atoms with Gasteiger partial charge in [-0.15, -0.1) is 0 Å². The molecule has 1 unspecified atom stereocenters. The molecular formula is C3H9CaNO2. The van der Waals surface area contributed by atoms with E-state index in [1.54, 1.807) is 0 Å². The Kier molecular flexibility index (Phi) is 7.35. The van der Waals surface area contributed by atoms with Crippen LogP contribution in [0.4, 0.5) is 0 Å². The van der Waals surface area contributed by atoms with Crippen LogP contribution in [-0.2, 0) is 4.79 Å². The predicted octanol–water partition coefficient (Wildman–Crippen LogP) is -1.50. The molecule has 0 aliphatic rings. The quantitative estimate of drug-likeness (QED) is 0.426. The zero-order chi connectivity index (χ0) is 5.15. The zero-order valence-electron chi connectivity index (χ0n) is 3.51. The summed E-state index contributed by atoms with van der Waals surface area (Å²) in [5.41, 5.74) is 4.84. The van der Waals surface area contributed by atoms with E-state index in [0.717, 1.165) is 0 Å². The number of carbonyl (C=O) groups is 1. The summed E-state index contributed by atoms with van der Waals surface area (Å²) < 4.78 is 0. The van der Waals surface area contributed by atoms with E-state index in [1.807, 2.05) is 0 Å². The number of aliphatic carboxylic acids is 1. The minimum absolute atomic E-state index is 0. The van der Waals surface area contributed by atoms with Crippen LogP contribution in [0.15, 0.2) is 0 Å². The van der Waals surface area contributed by atoms with Crippen molar-refractivity contribution in [3.8, 4) is 0 Å². The Morgan fingerprint density at radius 1 is 1.86 bits per heavy atom. The summed E-state index contributed by atoms with van der Waals surface area (Å²) in [6, 6.07) is -0.731. The third-order valence-corrected chi connectivity index (χ3v) is 0.390. The van der Waals surface area contributed by atoms with Gasteiger partial charge in [0.2, 0.25) is 0 Å². The Hall–Kier alpha value is 0.690. The number of rotatable bonds is 1. The SMILES string of the molecule is CC(N)C(=O)O.[CaH2]. The molecule has 0 saturated heterocycles. The monoisotopic (exact) mass is 131 g/mol. The molecule has 0 aromatic carbocycles. The second-order valence-corrected chi connectivity index (χ2v) is 1.13. The molecule has 0 aliphatic carbocycles. The number of nitrogens with two attached hydrogens (primary N) is 1. The maximum absolute atomic E-state index is 9.57. The predicted molar refractivity (Wildman–Crippen MR) is 29.8 cm³/mol. The molecular weight excluding hydrogens is 122 g/mol. The second-order valence-electron chi connectivity index (χ2n) is 1.13. The average Bonchev–Trinajstić information content (AvgIpc) is 1.36. The first-order valence-electron chi connectivity index (χ1n) is 1.63. The molecule has 0 aromatic rings. The topological polar surface area (TPSA) is 63.3 Å². The fraction of sp³-hybridized carbons (Fsp3) is 0.667. The van der Waals surface area contributed by atoms with Crippen LogP contribution in [0.5, 0.6) is 0 Å². The molecule has 0 aliphatic heterocycles. The number of carboxylic acid groups (broad SMARTS) is 1. The van der Waals surface area contributed by atoms with Crippen LogP contribution in [0.2, 0.25) is 0 Å². The van der Waals surface area contributed by atoms with E-state index in [2.05, 4.69) is 0 Å². The Bertz CT molecular complexity index is 64.0. The molecule has 7 heavy (non-hydrogen) atoms. The zero-order valence-corrected chi connectivity index (χ0v) is 3.51. The van der Waals surface area contributed by atoms with Crippen LogP contribution in [-0.4, -0.2) is 54.9 Å². The normalized spacial score (nSPS) is 11.7. The van der Waals surface area contributed by atoms with Gasteiger partial charge in [0, 0.05) is 0 Å². The molecule has 0 bridgehead atoms. The van der Waals surface area contributed by atoms with Gasteiger partial charge in [-0.3, -0.25) is 4.79 Å². The Morgan fingerprint density at radius 3 is 2.00 bits per heavy atom. The molecule has 0 heterocycles. The first-order valence-corrected chi connectivity index (χ1v) is 1.63. The summed E-state index contributed by atoms with van der Waals surface area (Å²) in [4.78, 5) is 9.57. The van der Waals surface area contributed by atoms with Gasteiger partial charge >= 0.3 is 43.7 Å². The van der Waals surface area contributed by atoms with Crippen molar-refractivity contribution >= 4 is 43.7 Å². The fourth-order valence-electron chi connectivity index (χ4n) is 0. The van der Waals surface area contributed by atoms with Crippen molar-refractivity contribution in [2.24, 2.45) is 5.73 Å². The molecule has 0 spiro atoms. The number of hydrogen-bond donors (Lipinski definition) is 2. The van der Waals surface area contributed by atoms with Crippen molar-refractivity contribution < 1.29 is 9.90 Å². The van der Waals surface area contributed by atoms with Crippen molar-refractivity contribution in [1.29, 1.82) is 0 Å². The molecule has 0 aromatic heterocycles. The fourth-order valence-corrected chi connectivity index (χ4v) is 0. The summed E-state index contributed by atoms with van der Waals surface area (Å²) in [5, 5.41) is 7.87. The molecule has 0 radical (unpaired) electrons. The maximum atomic E-state index is 9.57. The minimum atomic E-state index is -0.963. The molecule has 3 N–H and O–H groups in total. The summed E-state index contributed by atoms with van der Waals surface area (Å²) >= 11 is 0. The average molecular weight is 131 g/mol. The van der Waals surface area contributed by atoms with Gasteiger partial charge in [-0.05, 0) is 6.92 Å². The van der Waals surface area contributed by atoms with Crippen LogP contribution >= 0.6 is 0 Å². The first kappa shape index (κ1) is 10.6. The molecule has 3 nitrogen and oxygen atoms in total. The third-order valence-electron chi connectivity index (χ3n) is 0.390. The number of hydrogen-bond acceptors (Lipinski definition) is 2. The van der Waals surface area contributed by atoms with E-state index in [0.29, 0.717) is 0 Å². The second kappa shape index (κ2) is 4.84. The third kappa shape index (κ3) is 6.69. The van der Waals surface area contributed by atoms with Crippen molar-refractivity contribution in [3.63, 3.8) is 0 Å². The molecule has 1 atom stereocenters. The van der Waals surface area contributed by atoms with E-state index in [-0.39, 0.29) is 37.7 Å². The van der Waals surface area contributed by atoms with Crippen molar-refractivity contribution in [2.75, 3.05) is 0 Å². The van der Waals surface area contributed by atoms with Gasteiger partial charge in [0.05, 0.1) is 0 Å². The Balaban J connectivity index is 0. The van der Waals surface area contributed by atoms with Crippen molar-refractivity contribution in [3.05, 3.63) is 0 Å².